The molecule has 0 aromatic carbocycles. The Morgan fingerprint density at radius 3 is 2.88 bits per heavy atom. The first-order valence-corrected chi connectivity index (χ1v) is 8.31. The number of aromatic nitrogens is 3. The Labute approximate surface area is 142 Å². The molecule has 0 saturated heterocycles. The van der Waals surface area contributed by atoms with Crippen molar-refractivity contribution in [3.8, 4) is 0 Å². The highest BCUT2D eigenvalue weighted by Gasteiger charge is 2.27. The normalized spacial score (nSPS) is 17.1. The van der Waals surface area contributed by atoms with Gasteiger partial charge >= 0.3 is 0 Å². The van der Waals surface area contributed by atoms with E-state index >= 15 is 0 Å². The fourth-order valence-electron chi connectivity index (χ4n) is 3.36. The van der Waals surface area contributed by atoms with Crippen molar-refractivity contribution in [2.75, 3.05) is 27.7 Å². The number of rotatable bonds is 5. The van der Waals surface area contributed by atoms with Crippen molar-refractivity contribution in [1.82, 2.24) is 24.7 Å². The van der Waals surface area contributed by atoms with E-state index in [-0.39, 0.29) is 5.91 Å². The summed E-state index contributed by atoms with van der Waals surface area (Å²) in [6, 6.07) is 1.85. The van der Waals surface area contributed by atoms with Crippen LogP contribution in [-0.4, -0.2) is 58.3 Å². The molecule has 7 heteroatoms. The minimum absolute atomic E-state index is 0.0117. The Morgan fingerprint density at radius 2 is 2.21 bits per heavy atom. The predicted molar refractivity (Wildman–Crippen MR) is 89.6 cm³/mol. The quantitative estimate of drug-likeness (QED) is 0.832. The third-order valence-corrected chi connectivity index (χ3v) is 4.46. The van der Waals surface area contributed by atoms with Gasteiger partial charge < -0.3 is 14.3 Å². The molecule has 7 nitrogen and oxygen atoms in total. The van der Waals surface area contributed by atoms with Gasteiger partial charge in [-0.05, 0) is 39.8 Å². The molecule has 0 bridgehead atoms. The zero-order valence-electron chi connectivity index (χ0n) is 14.8. The molecule has 0 saturated carbocycles. The van der Waals surface area contributed by atoms with E-state index in [1.54, 1.807) is 18.1 Å². The molecule has 0 N–H and O–H groups in total. The number of fused-ring (bicyclic) bond motifs is 1. The van der Waals surface area contributed by atoms with Crippen LogP contribution in [0.5, 0.6) is 0 Å². The van der Waals surface area contributed by atoms with Crippen LogP contribution in [0.4, 0.5) is 0 Å². The number of nitrogens with zero attached hydrogens (tertiary/aromatic N) is 5. The summed E-state index contributed by atoms with van der Waals surface area (Å²) in [5.74, 6) is 1.31. The second-order valence-corrected chi connectivity index (χ2v) is 6.94. The van der Waals surface area contributed by atoms with Crippen LogP contribution in [0, 0.1) is 12.8 Å². The van der Waals surface area contributed by atoms with Crippen LogP contribution in [0.1, 0.15) is 33.9 Å². The molecule has 1 atom stereocenters. The molecule has 2 aromatic heterocycles. The van der Waals surface area contributed by atoms with Crippen molar-refractivity contribution in [2.45, 2.75) is 32.9 Å². The molecule has 1 aliphatic rings. The summed E-state index contributed by atoms with van der Waals surface area (Å²) in [5, 5.41) is 8.36. The van der Waals surface area contributed by atoms with Gasteiger partial charge in [-0.1, -0.05) is 5.16 Å². The summed E-state index contributed by atoms with van der Waals surface area (Å²) in [4.78, 5) is 16.7. The van der Waals surface area contributed by atoms with Gasteiger partial charge in [0, 0.05) is 26.2 Å². The standard InChI is InChI=1S/C17H25N5O2/c1-12-7-14(19-24-12)11-21(4)17(23)15-9-18-22-6-5-13(8-16(15)22)10-20(2)3/h7,9,13H,5-6,8,10-11H2,1-4H3. The van der Waals surface area contributed by atoms with Gasteiger partial charge in [0.2, 0.25) is 0 Å². The Kier molecular flexibility index (Phi) is 4.71. The minimum atomic E-state index is -0.0117. The van der Waals surface area contributed by atoms with Crippen LogP contribution in [0.25, 0.3) is 0 Å². The third-order valence-electron chi connectivity index (χ3n) is 4.46. The molecule has 0 radical (unpaired) electrons. The van der Waals surface area contributed by atoms with E-state index in [1.165, 1.54) is 0 Å². The second-order valence-electron chi connectivity index (χ2n) is 6.94. The number of aryl methyl sites for hydroxylation is 2. The van der Waals surface area contributed by atoms with Gasteiger partial charge in [-0.3, -0.25) is 9.48 Å². The van der Waals surface area contributed by atoms with Gasteiger partial charge in [0.1, 0.15) is 11.5 Å². The molecule has 130 valence electrons. The lowest BCUT2D eigenvalue weighted by atomic mass is 9.94. The molecule has 1 aliphatic heterocycles. The molecule has 3 rings (SSSR count). The molecule has 2 aromatic rings. The van der Waals surface area contributed by atoms with Crippen LogP contribution in [0.2, 0.25) is 0 Å². The maximum absolute atomic E-state index is 12.8. The van der Waals surface area contributed by atoms with Crippen molar-refractivity contribution in [3.05, 3.63) is 35.0 Å². The SMILES string of the molecule is Cc1cc(CN(C)C(=O)c2cnn3c2CC(CN(C)C)CC3)no1. The Morgan fingerprint density at radius 1 is 1.42 bits per heavy atom. The van der Waals surface area contributed by atoms with Gasteiger partial charge in [0.05, 0.1) is 24.0 Å². The summed E-state index contributed by atoms with van der Waals surface area (Å²) in [6.07, 6.45) is 3.71. The molecule has 0 fully saturated rings. The van der Waals surface area contributed by atoms with E-state index < -0.39 is 0 Å². The lowest BCUT2D eigenvalue weighted by molar-refractivity contribution is 0.0780. The highest BCUT2D eigenvalue weighted by molar-refractivity contribution is 5.95. The maximum atomic E-state index is 12.8. The Bertz CT molecular complexity index is 718. The lowest BCUT2D eigenvalue weighted by Gasteiger charge is -2.27. The van der Waals surface area contributed by atoms with Crippen molar-refractivity contribution in [2.24, 2.45) is 5.92 Å². The van der Waals surface area contributed by atoms with Crippen LogP contribution in [0.3, 0.4) is 0 Å². The van der Waals surface area contributed by atoms with Crippen LogP contribution in [-0.2, 0) is 19.5 Å². The van der Waals surface area contributed by atoms with E-state index in [9.17, 15) is 4.79 Å². The van der Waals surface area contributed by atoms with Crippen LogP contribution in [0.15, 0.2) is 16.8 Å². The highest BCUT2D eigenvalue weighted by atomic mass is 16.5. The van der Waals surface area contributed by atoms with E-state index in [1.807, 2.05) is 17.7 Å². The minimum Gasteiger partial charge on any atom is -0.361 e. The first-order chi connectivity index (χ1) is 11.4. The Balaban J connectivity index is 1.73. The number of amides is 1. The van der Waals surface area contributed by atoms with Crippen LogP contribution >= 0.6 is 0 Å². The number of carbonyl (C=O) groups is 1. The van der Waals surface area contributed by atoms with Crippen molar-refractivity contribution in [1.29, 1.82) is 0 Å². The summed E-state index contributed by atoms with van der Waals surface area (Å²) in [6.45, 7) is 4.19. The van der Waals surface area contributed by atoms with E-state index in [0.717, 1.165) is 43.1 Å². The molecular weight excluding hydrogens is 306 g/mol. The van der Waals surface area contributed by atoms with Crippen molar-refractivity contribution in [3.63, 3.8) is 0 Å². The zero-order valence-corrected chi connectivity index (χ0v) is 14.8. The summed E-state index contributed by atoms with van der Waals surface area (Å²) < 4.78 is 7.05. The Hall–Kier alpha value is -2.15. The average Bonchev–Trinajstić information content (AvgIpc) is 3.11. The van der Waals surface area contributed by atoms with Crippen molar-refractivity contribution < 1.29 is 9.32 Å². The fraction of sp³-hybridized carbons (Fsp3) is 0.588. The topological polar surface area (TPSA) is 67.4 Å². The number of hydrogen-bond acceptors (Lipinski definition) is 5. The summed E-state index contributed by atoms with van der Waals surface area (Å²) in [5.41, 5.74) is 2.53. The molecule has 0 aliphatic carbocycles. The average molecular weight is 331 g/mol. The van der Waals surface area contributed by atoms with Gasteiger partial charge in [-0.15, -0.1) is 0 Å². The molecular formula is C17H25N5O2. The summed E-state index contributed by atoms with van der Waals surface area (Å²) in [7, 11) is 5.97. The van der Waals surface area contributed by atoms with Gasteiger partial charge in [0.15, 0.2) is 0 Å². The first-order valence-electron chi connectivity index (χ1n) is 8.31. The van der Waals surface area contributed by atoms with Crippen LogP contribution < -0.4 is 0 Å². The first kappa shape index (κ1) is 16.7. The predicted octanol–water partition coefficient (Wildman–Crippen LogP) is 1.58. The zero-order chi connectivity index (χ0) is 17.3. The van der Waals surface area contributed by atoms with E-state index in [4.69, 9.17) is 4.52 Å². The van der Waals surface area contributed by atoms with Gasteiger partial charge in [-0.2, -0.15) is 5.10 Å². The van der Waals surface area contributed by atoms with E-state index in [2.05, 4.69) is 29.3 Å². The summed E-state index contributed by atoms with van der Waals surface area (Å²) >= 11 is 0. The third kappa shape index (κ3) is 3.51. The van der Waals surface area contributed by atoms with E-state index in [0.29, 0.717) is 18.0 Å². The largest absolute Gasteiger partial charge is 0.361 e. The second kappa shape index (κ2) is 6.76. The number of carbonyl (C=O) groups excluding carboxylic acids is 1. The monoisotopic (exact) mass is 331 g/mol. The van der Waals surface area contributed by atoms with Gasteiger partial charge in [-0.25, -0.2) is 0 Å². The molecule has 3 heterocycles. The molecule has 1 unspecified atom stereocenters. The smallest absolute Gasteiger partial charge is 0.257 e. The molecule has 1 amide bonds. The highest BCUT2D eigenvalue weighted by Crippen LogP contribution is 2.24. The number of hydrogen-bond donors (Lipinski definition) is 0. The molecule has 0 spiro atoms. The molecule has 24 heavy (non-hydrogen) atoms. The fourth-order valence-corrected chi connectivity index (χ4v) is 3.36. The lowest BCUT2D eigenvalue weighted by Crippen LogP contribution is -2.31. The van der Waals surface area contributed by atoms with Gasteiger partial charge in [0.25, 0.3) is 5.91 Å². The van der Waals surface area contributed by atoms with Crippen molar-refractivity contribution >= 4 is 5.91 Å². The maximum Gasteiger partial charge on any atom is 0.257 e.